The predicted molar refractivity (Wildman–Crippen MR) is 107 cm³/mol. The van der Waals surface area contributed by atoms with Crippen molar-refractivity contribution < 1.29 is 17.9 Å². The van der Waals surface area contributed by atoms with E-state index in [1.165, 1.54) is 0 Å². The maximum absolute atomic E-state index is 12.7. The first-order chi connectivity index (χ1) is 14.9. The van der Waals surface area contributed by atoms with Gasteiger partial charge in [-0.1, -0.05) is 0 Å². The first-order valence-electron chi connectivity index (χ1n) is 9.99. The number of fused-ring (bicyclic) bond motifs is 1. The quantitative estimate of drug-likeness (QED) is 0.318. The number of methoxy groups -OCH3 is 1. The topological polar surface area (TPSA) is 114 Å². The number of anilines is 1. The number of hydrogen-bond acceptors (Lipinski definition) is 7. The van der Waals surface area contributed by atoms with E-state index in [9.17, 15) is 13.2 Å². The third kappa shape index (κ3) is 6.51. The molecular weight excluding hydrogens is 415 g/mol. The van der Waals surface area contributed by atoms with Crippen LogP contribution in [0.1, 0.15) is 30.7 Å². The van der Waals surface area contributed by atoms with Gasteiger partial charge in [-0.05, 0) is 19.4 Å². The van der Waals surface area contributed by atoms with E-state index in [0.29, 0.717) is 38.0 Å². The van der Waals surface area contributed by atoms with Gasteiger partial charge in [0.2, 0.25) is 5.95 Å². The van der Waals surface area contributed by atoms with Crippen molar-refractivity contribution in [3.8, 4) is 0 Å². The highest BCUT2D eigenvalue weighted by Gasteiger charge is 2.32. The van der Waals surface area contributed by atoms with Crippen LogP contribution in [0.4, 0.5) is 19.1 Å². The van der Waals surface area contributed by atoms with Crippen molar-refractivity contribution in [3.63, 3.8) is 0 Å². The van der Waals surface area contributed by atoms with E-state index in [1.807, 2.05) is 11.6 Å². The Labute approximate surface area is 177 Å². The molecule has 0 fully saturated rings. The molecule has 0 spiro atoms. The van der Waals surface area contributed by atoms with Gasteiger partial charge in [-0.25, -0.2) is 19.6 Å². The molecule has 1 aliphatic heterocycles. The molecule has 31 heavy (non-hydrogen) atoms. The highest BCUT2D eigenvalue weighted by Crippen LogP contribution is 2.27. The molecule has 3 rings (SSSR count). The van der Waals surface area contributed by atoms with Crippen molar-refractivity contribution in [1.82, 2.24) is 35.4 Å². The molecule has 2 aromatic rings. The Morgan fingerprint density at radius 3 is 2.94 bits per heavy atom. The normalized spacial score (nSPS) is 16.7. The molecule has 1 unspecified atom stereocenters. The summed E-state index contributed by atoms with van der Waals surface area (Å²) >= 11 is 0. The molecule has 1 aliphatic rings. The molecule has 0 amide bonds. The van der Waals surface area contributed by atoms with Crippen molar-refractivity contribution in [2.24, 2.45) is 4.99 Å². The van der Waals surface area contributed by atoms with Crippen molar-refractivity contribution in [1.29, 1.82) is 0 Å². The molecule has 0 saturated heterocycles. The predicted octanol–water partition coefficient (Wildman–Crippen LogP) is 1.22. The molecular formula is C18H26F3N9O. The van der Waals surface area contributed by atoms with Crippen molar-refractivity contribution in [3.05, 3.63) is 29.6 Å². The summed E-state index contributed by atoms with van der Waals surface area (Å²) in [7, 11) is 1.61. The highest BCUT2D eigenvalue weighted by molar-refractivity contribution is 5.80. The zero-order valence-corrected chi connectivity index (χ0v) is 17.4. The first kappa shape index (κ1) is 22.7. The van der Waals surface area contributed by atoms with Crippen LogP contribution in [0.5, 0.6) is 0 Å². The lowest BCUT2D eigenvalue weighted by molar-refractivity contribution is -0.141. The number of nitrogens with zero attached hydrogens (tertiary/aromatic N) is 6. The van der Waals surface area contributed by atoms with Crippen LogP contribution >= 0.6 is 0 Å². The molecule has 10 nitrogen and oxygen atoms in total. The van der Waals surface area contributed by atoms with Crippen LogP contribution in [0.15, 0.2) is 17.3 Å². The van der Waals surface area contributed by atoms with Crippen LogP contribution < -0.4 is 16.0 Å². The smallest absolute Gasteiger partial charge is 0.377 e. The average molecular weight is 441 g/mol. The maximum atomic E-state index is 12.7. The average Bonchev–Trinajstić information content (AvgIpc) is 3.13. The minimum atomic E-state index is -4.51. The molecule has 3 heterocycles. The summed E-state index contributed by atoms with van der Waals surface area (Å²) in [5.74, 6) is 2.15. The summed E-state index contributed by atoms with van der Waals surface area (Å²) in [4.78, 5) is 16.2. The number of ether oxygens (including phenoxy) is 1. The number of aryl methyl sites for hydroxylation is 1. The monoisotopic (exact) mass is 441 g/mol. The minimum absolute atomic E-state index is 0.0826. The number of guanidine groups is 1. The van der Waals surface area contributed by atoms with Crippen molar-refractivity contribution in [2.45, 2.75) is 45.1 Å². The van der Waals surface area contributed by atoms with Gasteiger partial charge in [0.25, 0.3) is 0 Å². The first-order valence-corrected chi connectivity index (χ1v) is 9.99. The standard InChI is InChI=1S/C18H26F3N9O/c1-3-22-16(24-8-9-25-17-23-7-6-13(27-17)18(19,20)21)26-12-4-5-15-28-14(11-31-2)29-30(15)10-12/h6-7,12H,3-5,8-11H2,1-2H3,(H2,22,24,26)(H,23,25,27). The van der Waals surface area contributed by atoms with Crippen molar-refractivity contribution >= 4 is 11.9 Å². The van der Waals surface area contributed by atoms with Crippen LogP contribution in [-0.4, -0.2) is 63.5 Å². The molecule has 0 radical (unpaired) electrons. The van der Waals surface area contributed by atoms with E-state index in [4.69, 9.17) is 4.74 Å². The third-order valence-electron chi connectivity index (χ3n) is 4.47. The fourth-order valence-electron chi connectivity index (χ4n) is 3.12. The van der Waals surface area contributed by atoms with Crippen LogP contribution in [0.25, 0.3) is 0 Å². The Balaban J connectivity index is 1.52. The van der Waals surface area contributed by atoms with Gasteiger partial charge in [0.05, 0.1) is 13.1 Å². The molecule has 0 saturated carbocycles. The fourth-order valence-corrected chi connectivity index (χ4v) is 3.12. The van der Waals surface area contributed by atoms with E-state index in [-0.39, 0.29) is 18.5 Å². The van der Waals surface area contributed by atoms with E-state index in [0.717, 1.165) is 30.9 Å². The Morgan fingerprint density at radius 2 is 2.19 bits per heavy atom. The number of nitrogens with one attached hydrogen (secondary N) is 3. The minimum Gasteiger partial charge on any atom is -0.377 e. The van der Waals surface area contributed by atoms with Gasteiger partial charge in [-0.3, -0.25) is 4.99 Å². The third-order valence-corrected chi connectivity index (χ3v) is 4.47. The summed E-state index contributed by atoms with van der Waals surface area (Å²) in [5, 5.41) is 13.8. The lowest BCUT2D eigenvalue weighted by Gasteiger charge is -2.25. The maximum Gasteiger partial charge on any atom is 0.433 e. The van der Waals surface area contributed by atoms with E-state index < -0.39 is 11.9 Å². The number of hydrogen-bond donors (Lipinski definition) is 3. The van der Waals surface area contributed by atoms with Crippen LogP contribution in [0.2, 0.25) is 0 Å². The van der Waals surface area contributed by atoms with Gasteiger partial charge in [-0.2, -0.15) is 18.3 Å². The summed E-state index contributed by atoms with van der Waals surface area (Å²) in [5.41, 5.74) is -0.984. The van der Waals surface area contributed by atoms with Crippen LogP contribution in [0, 0.1) is 0 Å². The Hall–Kier alpha value is -2.96. The van der Waals surface area contributed by atoms with Crippen LogP contribution in [-0.2, 0) is 30.5 Å². The largest absolute Gasteiger partial charge is 0.433 e. The van der Waals surface area contributed by atoms with E-state index in [2.05, 4.69) is 41.0 Å². The zero-order valence-electron chi connectivity index (χ0n) is 17.4. The van der Waals surface area contributed by atoms with Gasteiger partial charge in [0.15, 0.2) is 11.8 Å². The Morgan fingerprint density at radius 1 is 1.35 bits per heavy atom. The SMILES string of the molecule is CCNC(=NCCNc1nccc(C(F)(F)F)n1)NC1CCc2nc(COC)nn2C1. The second kappa shape index (κ2) is 10.4. The molecule has 0 aliphatic carbocycles. The lowest BCUT2D eigenvalue weighted by atomic mass is 10.1. The summed E-state index contributed by atoms with van der Waals surface area (Å²) in [6.07, 6.45) is -1.76. The van der Waals surface area contributed by atoms with Gasteiger partial charge >= 0.3 is 6.18 Å². The lowest BCUT2D eigenvalue weighted by Crippen LogP contribution is -2.47. The summed E-state index contributed by atoms with van der Waals surface area (Å²) < 4.78 is 45.2. The molecule has 2 aromatic heterocycles. The fraction of sp³-hybridized carbons (Fsp3) is 0.611. The van der Waals surface area contributed by atoms with Gasteiger partial charge in [-0.15, -0.1) is 0 Å². The summed E-state index contributed by atoms with van der Waals surface area (Å²) in [6.45, 7) is 4.29. The van der Waals surface area contributed by atoms with E-state index >= 15 is 0 Å². The van der Waals surface area contributed by atoms with Gasteiger partial charge in [0, 0.05) is 38.9 Å². The Bertz CT molecular complexity index is 884. The Kier molecular flexibility index (Phi) is 7.60. The molecule has 13 heteroatoms. The summed E-state index contributed by atoms with van der Waals surface area (Å²) in [6, 6.07) is 0.960. The molecule has 0 aromatic carbocycles. The second-order valence-electron chi connectivity index (χ2n) is 6.89. The molecule has 170 valence electrons. The number of halogens is 3. The second-order valence-corrected chi connectivity index (χ2v) is 6.89. The van der Waals surface area contributed by atoms with Crippen LogP contribution in [0.3, 0.4) is 0 Å². The number of rotatable bonds is 8. The van der Waals surface area contributed by atoms with Crippen molar-refractivity contribution in [2.75, 3.05) is 32.1 Å². The van der Waals surface area contributed by atoms with E-state index in [1.54, 1.807) is 7.11 Å². The number of alkyl halides is 3. The number of aromatic nitrogens is 5. The molecule has 1 atom stereocenters. The highest BCUT2D eigenvalue weighted by atomic mass is 19.4. The number of aliphatic imine (C=N–C) groups is 1. The molecule has 0 bridgehead atoms. The van der Waals surface area contributed by atoms with Gasteiger partial charge in [0.1, 0.15) is 18.1 Å². The zero-order chi connectivity index (χ0) is 22.3. The molecule has 3 N–H and O–H groups in total. The van der Waals surface area contributed by atoms with Gasteiger partial charge < -0.3 is 20.7 Å².